The van der Waals surface area contributed by atoms with Crippen molar-refractivity contribution in [2.45, 2.75) is 12.8 Å². The molecule has 0 saturated carbocycles. The number of Topliss-reactive ketones (excluding diaryl/α,β-unsaturated/α-hetero) is 1. The van der Waals surface area contributed by atoms with E-state index in [-0.39, 0.29) is 12.2 Å². The molecule has 108 valence electrons. The molecule has 2 rings (SSSR count). The van der Waals surface area contributed by atoms with Gasteiger partial charge in [-0.15, -0.1) is 0 Å². The summed E-state index contributed by atoms with van der Waals surface area (Å²) in [5, 5.41) is 9.32. The molecule has 0 bridgehead atoms. The SMILES string of the molecule is O=C(CC(Cc1ccc(Br)cc1)C(=O)O)c1ccccc1. The van der Waals surface area contributed by atoms with E-state index in [1.54, 1.807) is 24.3 Å². The maximum Gasteiger partial charge on any atom is 0.307 e. The van der Waals surface area contributed by atoms with Crippen molar-refractivity contribution in [2.75, 3.05) is 0 Å². The topological polar surface area (TPSA) is 54.4 Å². The number of rotatable bonds is 6. The molecular weight excluding hydrogens is 332 g/mol. The highest BCUT2D eigenvalue weighted by Crippen LogP contribution is 2.18. The first-order valence-corrected chi connectivity index (χ1v) is 7.41. The molecule has 21 heavy (non-hydrogen) atoms. The molecule has 0 aromatic heterocycles. The van der Waals surface area contributed by atoms with Crippen LogP contribution in [0.15, 0.2) is 59.1 Å². The number of halogens is 1. The minimum Gasteiger partial charge on any atom is -0.481 e. The zero-order valence-electron chi connectivity index (χ0n) is 11.3. The Kier molecular flexibility index (Phi) is 5.28. The quantitative estimate of drug-likeness (QED) is 0.805. The van der Waals surface area contributed by atoms with Crippen molar-refractivity contribution in [3.63, 3.8) is 0 Å². The lowest BCUT2D eigenvalue weighted by Gasteiger charge is -2.12. The van der Waals surface area contributed by atoms with Gasteiger partial charge in [0, 0.05) is 16.5 Å². The van der Waals surface area contributed by atoms with Gasteiger partial charge in [0.2, 0.25) is 0 Å². The average Bonchev–Trinajstić information content (AvgIpc) is 2.49. The van der Waals surface area contributed by atoms with Crippen LogP contribution in [-0.4, -0.2) is 16.9 Å². The molecule has 1 unspecified atom stereocenters. The summed E-state index contributed by atoms with van der Waals surface area (Å²) in [5.74, 6) is -1.79. The number of hydrogen-bond acceptors (Lipinski definition) is 2. The predicted molar refractivity (Wildman–Crippen MR) is 84.4 cm³/mol. The Bertz CT molecular complexity index is 620. The average molecular weight is 347 g/mol. The Morgan fingerprint density at radius 1 is 1.00 bits per heavy atom. The highest BCUT2D eigenvalue weighted by atomic mass is 79.9. The van der Waals surface area contributed by atoms with Gasteiger partial charge in [0.1, 0.15) is 0 Å². The summed E-state index contributed by atoms with van der Waals surface area (Å²) in [4.78, 5) is 23.5. The monoisotopic (exact) mass is 346 g/mol. The number of ketones is 1. The van der Waals surface area contributed by atoms with E-state index in [1.165, 1.54) is 0 Å². The molecule has 3 nitrogen and oxygen atoms in total. The predicted octanol–water partition coefficient (Wildman–Crippen LogP) is 3.97. The molecule has 1 N–H and O–H groups in total. The van der Waals surface area contributed by atoms with Gasteiger partial charge in [-0.3, -0.25) is 9.59 Å². The number of hydrogen-bond donors (Lipinski definition) is 1. The first kappa shape index (κ1) is 15.4. The smallest absolute Gasteiger partial charge is 0.307 e. The van der Waals surface area contributed by atoms with E-state index in [0.717, 1.165) is 10.0 Å². The fourth-order valence-electron chi connectivity index (χ4n) is 2.12. The maximum absolute atomic E-state index is 12.1. The van der Waals surface area contributed by atoms with E-state index in [0.29, 0.717) is 12.0 Å². The molecule has 2 aromatic rings. The highest BCUT2D eigenvalue weighted by molar-refractivity contribution is 9.10. The summed E-state index contributed by atoms with van der Waals surface area (Å²) < 4.78 is 0.943. The number of carboxylic acid groups (broad SMARTS) is 1. The maximum atomic E-state index is 12.1. The van der Waals surface area contributed by atoms with Gasteiger partial charge in [-0.2, -0.15) is 0 Å². The van der Waals surface area contributed by atoms with Crippen LogP contribution in [0.1, 0.15) is 22.3 Å². The lowest BCUT2D eigenvalue weighted by atomic mass is 9.92. The van der Waals surface area contributed by atoms with Crippen LogP contribution < -0.4 is 0 Å². The van der Waals surface area contributed by atoms with E-state index in [2.05, 4.69) is 15.9 Å². The van der Waals surface area contributed by atoms with Gasteiger partial charge >= 0.3 is 5.97 Å². The van der Waals surface area contributed by atoms with Crippen molar-refractivity contribution in [1.82, 2.24) is 0 Å². The van der Waals surface area contributed by atoms with E-state index >= 15 is 0 Å². The lowest BCUT2D eigenvalue weighted by Crippen LogP contribution is -2.20. The zero-order valence-corrected chi connectivity index (χ0v) is 12.9. The third kappa shape index (κ3) is 4.53. The van der Waals surface area contributed by atoms with Crippen LogP contribution in [0, 0.1) is 5.92 Å². The van der Waals surface area contributed by atoms with Crippen molar-refractivity contribution in [3.8, 4) is 0 Å². The van der Waals surface area contributed by atoms with Crippen LogP contribution in [-0.2, 0) is 11.2 Å². The Hall–Kier alpha value is -1.94. The number of carbonyl (C=O) groups excluding carboxylic acids is 1. The van der Waals surface area contributed by atoms with E-state index in [4.69, 9.17) is 0 Å². The molecule has 0 radical (unpaired) electrons. The standard InChI is InChI=1S/C17H15BrO3/c18-15-8-6-12(7-9-15)10-14(17(20)21)11-16(19)13-4-2-1-3-5-13/h1-9,14H,10-11H2,(H,20,21). The van der Waals surface area contributed by atoms with Crippen LogP contribution >= 0.6 is 15.9 Å². The molecule has 0 aliphatic carbocycles. The molecule has 0 saturated heterocycles. The highest BCUT2D eigenvalue weighted by Gasteiger charge is 2.22. The second-order valence-electron chi connectivity index (χ2n) is 4.86. The molecule has 1 atom stereocenters. The molecule has 0 amide bonds. The molecule has 0 aliphatic heterocycles. The van der Waals surface area contributed by atoms with Crippen LogP contribution in [0.4, 0.5) is 0 Å². The summed E-state index contributed by atoms with van der Waals surface area (Å²) in [7, 11) is 0. The van der Waals surface area contributed by atoms with Gasteiger partial charge in [0.25, 0.3) is 0 Å². The second-order valence-corrected chi connectivity index (χ2v) is 5.77. The van der Waals surface area contributed by atoms with Crippen LogP contribution in [0.25, 0.3) is 0 Å². The number of aliphatic carboxylic acids is 1. The minimum atomic E-state index is -0.942. The van der Waals surface area contributed by atoms with E-state index in [1.807, 2.05) is 30.3 Å². The van der Waals surface area contributed by atoms with E-state index in [9.17, 15) is 14.7 Å². The Morgan fingerprint density at radius 3 is 2.19 bits per heavy atom. The fraction of sp³-hybridized carbons (Fsp3) is 0.176. The van der Waals surface area contributed by atoms with Gasteiger partial charge < -0.3 is 5.11 Å². The third-order valence-corrected chi connectivity index (χ3v) is 3.80. The van der Waals surface area contributed by atoms with Gasteiger partial charge in [-0.05, 0) is 24.1 Å². The summed E-state index contributed by atoms with van der Waals surface area (Å²) >= 11 is 3.34. The molecule has 0 spiro atoms. The summed E-state index contributed by atoms with van der Waals surface area (Å²) in [5.41, 5.74) is 1.46. The Labute approximate surface area is 131 Å². The summed E-state index contributed by atoms with van der Waals surface area (Å²) in [6.45, 7) is 0. The van der Waals surface area contributed by atoms with Crippen molar-refractivity contribution < 1.29 is 14.7 Å². The fourth-order valence-corrected chi connectivity index (χ4v) is 2.38. The van der Waals surface area contributed by atoms with Crippen molar-refractivity contribution in [2.24, 2.45) is 5.92 Å². The molecule has 0 heterocycles. The van der Waals surface area contributed by atoms with Crippen molar-refractivity contribution in [1.29, 1.82) is 0 Å². The molecular formula is C17H15BrO3. The molecule has 4 heteroatoms. The first-order chi connectivity index (χ1) is 10.1. The largest absolute Gasteiger partial charge is 0.481 e. The van der Waals surface area contributed by atoms with Crippen molar-refractivity contribution in [3.05, 3.63) is 70.2 Å². The summed E-state index contributed by atoms with van der Waals surface area (Å²) in [6.07, 6.45) is 0.358. The molecule has 0 fully saturated rings. The second kappa shape index (κ2) is 7.18. The zero-order chi connectivity index (χ0) is 15.2. The first-order valence-electron chi connectivity index (χ1n) is 6.62. The Balaban J connectivity index is 2.07. The molecule has 0 aliphatic rings. The third-order valence-electron chi connectivity index (χ3n) is 3.27. The van der Waals surface area contributed by atoms with Crippen molar-refractivity contribution >= 4 is 27.7 Å². The normalized spacial score (nSPS) is 11.9. The van der Waals surface area contributed by atoms with Gasteiger partial charge in [-0.1, -0.05) is 58.4 Å². The van der Waals surface area contributed by atoms with Crippen LogP contribution in [0.3, 0.4) is 0 Å². The summed E-state index contributed by atoms with van der Waals surface area (Å²) in [6, 6.07) is 16.3. The lowest BCUT2D eigenvalue weighted by molar-refractivity contribution is -0.141. The van der Waals surface area contributed by atoms with Gasteiger partial charge in [0.15, 0.2) is 5.78 Å². The number of carbonyl (C=O) groups is 2. The van der Waals surface area contributed by atoms with Crippen LogP contribution in [0.5, 0.6) is 0 Å². The van der Waals surface area contributed by atoms with Crippen LogP contribution in [0.2, 0.25) is 0 Å². The number of carboxylic acids is 1. The molecule has 2 aromatic carbocycles. The Morgan fingerprint density at radius 2 is 1.62 bits per heavy atom. The number of benzene rings is 2. The van der Waals surface area contributed by atoms with Gasteiger partial charge in [0.05, 0.1) is 5.92 Å². The van der Waals surface area contributed by atoms with E-state index < -0.39 is 11.9 Å². The minimum absolute atomic E-state index is 0.00934. The van der Waals surface area contributed by atoms with Gasteiger partial charge in [-0.25, -0.2) is 0 Å².